The first-order valence-corrected chi connectivity index (χ1v) is 8.64. The lowest BCUT2D eigenvalue weighted by Crippen LogP contribution is -2.44. The van der Waals surface area contributed by atoms with Gasteiger partial charge >= 0.3 is 0 Å². The van der Waals surface area contributed by atoms with Gasteiger partial charge in [-0.15, -0.1) is 0 Å². The lowest BCUT2D eigenvalue weighted by molar-refractivity contribution is 0.271. The third-order valence-electron chi connectivity index (χ3n) is 4.48. The van der Waals surface area contributed by atoms with Crippen molar-refractivity contribution in [2.24, 2.45) is 5.10 Å². The number of anilines is 1. The fraction of sp³-hybridized carbons (Fsp3) is 0.350. The zero-order valence-corrected chi connectivity index (χ0v) is 15.5. The van der Waals surface area contributed by atoms with Gasteiger partial charge in [-0.1, -0.05) is 12.1 Å². The first kappa shape index (κ1) is 17.9. The van der Waals surface area contributed by atoms with Gasteiger partial charge < -0.3 is 19.1 Å². The highest BCUT2D eigenvalue weighted by atomic mass is 16.5. The van der Waals surface area contributed by atoms with Crippen LogP contribution in [0.5, 0.6) is 17.2 Å². The molecule has 0 aliphatic carbocycles. The first-order valence-electron chi connectivity index (χ1n) is 8.64. The molecule has 1 saturated heterocycles. The molecule has 1 fully saturated rings. The normalized spacial score (nSPS) is 14.6. The third kappa shape index (κ3) is 4.02. The van der Waals surface area contributed by atoms with Gasteiger partial charge in [0, 0.05) is 24.7 Å². The summed E-state index contributed by atoms with van der Waals surface area (Å²) in [5, 5.41) is 6.70. The van der Waals surface area contributed by atoms with Gasteiger partial charge in [-0.3, -0.25) is 5.01 Å². The van der Waals surface area contributed by atoms with Crippen molar-refractivity contribution in [2.75, 3.05) is 52.4 Å². The molecule has 0 unspecified atom stereocenters. The molecule has 26 heavy (non-hydrogen) atoms. The summed E-state index contributed by atoms with van der Waals surface area (Å²) in [6.07, 6.45) is 1.84. The molecule has 1 heterocycles. The van der Waals surface area contributed by atoms with E-state index in [0.717, 1.165) is 54.7 Å². The Kier molecular flexibility index (Phi) is 5.84. The zero-order valence-electron chi connectivity index (χ0n) is 15.5. The molecule has 0 atom stereocenters. The first-order chi connectivity index (χ1) is 12.7. The molecule has 138 valence electrons. The summed E-state index contributed by atoms with van der Waals surface area (Å²) in [5.74, 6) is 2.43. The fourth-order valence-corrected chi connectivity index (χ4v) is 3.01. The lowest BCUT2D eigenvalue weighted by Gasteiger charge is -2.35. The van der Waals surface area contributed by atoms with Crippen LogP contribution in [0, 0.1) is 0 Å². The summed E-state index contributed by atoms with van der Waals surface area (Å²) in [4.78, 5) is 2.33. The number of para-hydroxylation sites is 2. The molecule has 0 aromatic heterocycles. The molecule has 2 aromatic rings. The number of rotatable bonds is 6. The van der Waals surface area contributed by atoms with Gasteiger partial charge in [-0.2, -0.15) is 5.10 Å². The molecule has 0 radical (unpaired) electrons. The highest BCUT2D eigenvalue weighted by Gasteiger charge is 2.18. The molecular formula is C20H25N3O3. The van der Waals surface area contributed by atoms with E-state index in [1.165, 1.54) is 0 Å². The van der Waals surface area contributed by atoms with E-state index in [1.807, 2.05) is 42.6 Å². The summed E-state index contributed by atoms with van der Waals surface area (Å²) >= 11 is 0. The second-order valence-corrected chi connectivity index (χ2v) is 5.97. The predicted octanol–water partition coefficient (Wildman–Crippen LogP) is 2.87. The Morgan fingerprint density at radius 3 is 2.27 bits per heavy atom. The van der Waals surface area contributed by atoms with Crippen molar-refractivity contribution in [3.05, 3.63) is 48.0 Å². The van der Waals surface area contributed by atoms with Gasteiger partial charge in [0.05, 0.1) is 46.3 Å². The Balaban J connectivity index is 1.63. The van der Waals surface area contributed by atoms with Crippen molar-refractivity contribution in [2.45, 2.75) is 0 Å². The largest absolute Gasteiger partial charge is 0.497 e. The second kappa shape index (κ2) is 8.47. The summed E-state index contributed by atoms with van der Waals surface area (Å²) in [5.41, 5.74) is 2.07. The summed E-state index contributed by atoms with van der Waals surface area (Å²) in [7, 11) is 5.00. The number of ether oxygens (including phenoxy) is 3. The molecule has 2 aromatic carbocycles. The van der Waals surface area contributed by atoms with Crippen LogP contribution in [0.3, 0.4) is 0 Å². The van der Waals surface area contributed by atoms with Crippen molar-refractivity contribution in [3.63, 3.8) is 0 Å². The highest BCUT2D eigenvalue weighted by molar-refractivity contribution is 5.83. The summed E-state index contributed by atoms with van der Waals surface area (Å²) in [6, 6.07) is 13.8. The van der Waals surface area contributed by atoms with Gasteiger partial charge in [0.25, 0.3) is 0 Å². The van der Waals surface area contributed by atoms with Gasteiger partial charge in [-0.05, 0) is 24.3 Å². The van der Waals surface area contributed by atoms with Crippen molar-refractivity contribution < 1.29 is 14.2 Å². The lowest BCUT2D eigenvalue weighted by atomic mass is 10.2. The number of hydrazone groups is 1. The van der Waals surface area contributed by atoms with Crippen LogP contribution in [0.25, 0.3) is 0 Å². The third-order valence-corrected chi connectivity index (χ3v) is 4.48. The van der Waals surface area contributed by atoms with Gasteiger partial charge in [0.15, 0.2) is 0 Å². The van der Waals surface area contributed by atoms with Crippen LogP contribution in [0.1, 0.15) is 5.56 Å². The van der Waals surface area contributed by atoms with E-state index in [9.17, 15) is 0 Å². The van der Waals surface area contributed by atoms with E-state index in [4.69, 9.17) is 14.2 Å². The van der Waals surface area contributed by atoms with E-state index in [1.54, 1.807) is 21.3 Å². The Morgan fingerprint density at radius 2 is 1.58 bits per heavy atom. The maximum absolute atomic E-state index is 5.47. The molecule has 6 nitrogen and oxygen atoms in total. The van der Waals surface area contributed by atoms with Gasteiger partial charge in [-0.25, -0.2) is 0 Å². The number of piperazine rings is 1. The number of hydrogen-bond donors (Lipinski definition) is 0. The number of nitrogens with zero attached hydrogens (tertiary/aromatic N) is 3. The Morgan fingerprint density at radius 1 is 0.846 bits per heavy atom. The second-order valence-electron chi connectivity index (χ2n) is 5.97. The highest BCUT2D eigenvalue weighted by Crippen LogP contribution is 2.28. The molecule has 0 amide bonds. The number of benzene rings is 2. The van der Waals surface area contributed by atoms with E-state index >= 15 is 0 Å². The van der Waals surface area contributed by atoms with E-state index in [0.29, 0.717) is 0 Å². The Bertz CT molecular complexity index is 756. The van der Waals surface area contributed by atoms with Crippen LogP contribution >= 0.6 is 0 Å². The molecular weight excluding hydrogens is 330 g/mol. The number of methoxy groups -OCH3 is 3. The van der Waals surface area contributed by atoms with Crippen LogP contribution in [0.4, 0.5) is 5.69 Å². The standard InChI is InChI=1S/C20H25N3O3/c1-24-17-9-8-16(20(14-17)26-3)15-21-23-12-10-22(11-13-23)18-6-4-5-7-19(18)25-2/h4-9,14-15H,10-13H2,1-3H3. The zero-order chi connectivity index (χ0) is 18.4. The molecule has 1 aliphatic rings. The van der Waals surface area contributed by atoms with E-state index in [2.05, 4.69) is 21.1 Å². The van der Waals surface area contributed by atoms with Crippen LogP contribution in [-0.2, 0) is 0 Å². The average Bonchev–Trinajstić information content (AvgIpc) is 2.72. The average molecular weight is 355 g/mol. The topological polar surface area (TPSA) is 46.5 Å². The Hall–Kier alpha value is -2.89. The summed E-state index contributed by atoms with van der Waals surface area (Å²) < 4.78 is 16.1. The molecule has 6 heteroatoms. The molecule has 0 N–H and O–H groups in total. The van der Waals surface area contributed by atoms with E-state index < -0.39 is 0 Å². The minimum atomic E-state index is 0.751. The van der Waals surface area contributed by atoms with Gasteiger partial charge in [0.2, 0.25) is 0 Å². The van der Waals surface area contributed by atoms with Crippen LogP contribution in [-0.4, -0.2) is 58.7 Å². The van der Waals surface area contributed by atoms with Gasteiger partial charge in [0.1, 0.15) is 17.2 Å². The predicted molar refractivity (Wildman–Crippen MR) is 104 cm³/mol. The SMILES string of the molecule is COc1ccc(C=NN2CCN(c3ccccc3OC)CC2)c(OC)c1. The maximum Gasteiger partial charge on any atom is 0.142 e. The number of hydrogen-bond acceptors (Lipinski definition) is 6. The quantitative estimate of drug-likeness (QED) is 0.746. The Labute approximate surface area is 154 Å². The minimum absolute atomic E-state index is 0.751. The molecule has 0 saturated carbocycles. The molecule has 1 aliphatic heterocycles. The van der Waals surface area contributed by atoms with Crippen LogP contribution in [0.2, 0.25) is 0 Å². The van der Waals surface area contributed by atoms with Crippen molar-refractivity contribution >= 4 is 11.9 Å². The van der Waals surface area contributed by atoms with Crippen LogP contribution < -0.4 is 19.1 Å². The van der Waals surface area contributed by atoms with Crippen molar-refractivity contribution in [1.29, 1.82) is 0 Å². The van der Waals surface area contributed by atoms with Crippen molar-refractivity contribution in [1.82, 2.24) is 5.01 Å². The fourth-order valence-electron chi connectivity index (χ4n) is 3.01. The molecule has 0 spiro atoms. The van der Waals surface area contributed by atoms with Crippen molar-refractivity contribution in [3.8, 4) is 17.2 Å². The molecule has 0 bridgehead atoms. The van der Waals surface area contributed by atoms with E-state index in [-0.39, 0.29) is 0 Å². The maximum atomic E-state index is 5.47. The minimum Gasteiger partial charge on any atom is -0.497 e. The molecule has 3 rings (SSSR count). The smallest absolute Gasteiger partial charge is 0.142 e. The summed E-state index contributed by atoms with van der Waals surface area (Å²) in [6.45, 7) is 3.51. The monoisotopic (exact) mass is 355 g/mol. The van der Waals surface area contributed by atoms with Crippen LogP contribution in [0.15, 0.2) is 47.6 Å².